The zero-order chi connectivity index (χ0) is 20.9. The highest BCUT2D eigenvalue weighted by Crippen LogP contribution is 2.47. The van der Waals surface area contributed by atoms with Crippen molar-refractivity contribution in [3.8, 4) is 0 Å². The molecule has 0 heterocycles. The molecule has 0 aliphatic heterocycles. The summed E-state index contributed by atoms with van der Waals surface area (Å²) in [5.41, 5.74) is 1.44. The van der Waals surface area contributed by atoms with Crippen LogP contribution in [0.2, 0.25) is 10.0 Å². The van der Waals surface area contributed by atoms with Gasteiger partial charge in [0.25, 0.3) is 5.91 Å². The van der Waals surface area contributed by atoms with Crippen molar-refractivity contribution >= 4 is 40.9 Å². The first-order valence-electron chi connectivity index (χ1n) is 9.22. The van der Waals surface area contributed by atoms with Gasteiger partial charge in [0.2, 0.25) is 11.8 Å². The monoisotopic (exact) mass is 433 g/mol. The van der Waals surface area contributed by atoms with Crippen LogP contribution in [0, 0.1) is 0 Å². The minimum Gasteiger partial charge on any atom is -0.354 e. The first-order valence-corrected chi connectivity index (χ1v) is 9.97. The molecule has 0 spiro atoms. The summed E-state index contributed by atoms with van der Waals surface area (Å²) in [6.45, 7) is 0.123. The molecule has 3 N–H and O–H groups in total. The Morgan fingerprint density at radius 3 is 2.17 bits per heavy atom. The molecule has 3 rings (SSSR count). The Labute approximate surface area is 179 Å². The molecule has 3 amide bonds. The van der Waals surface area contributed by atoms with E-state index in [0.717, 1.165) is 12.8 Å². The van der Waals surface area contributed by atoms with Crippen LogP contribution in [0.25, 0.3) is 0 Å². The van der Waals surface area contributed by atoms with Crippen molar-refractivity contribution in [2.24, 2.45) is 0 Å². The highest BCUT2D eigenvalue weighted by molar-refractivity contribution is 6.36. The van der Waals surface area contributed by atoms with Gasteiger partial charge in [-0.3, -0.25) is 14.4 Å². The number of benzene rings is 2. The van der Waals surface area contributed by atoms with Crippen molar-refractivity contribution in [2.45, 2.75) is 18.3 Å². The summed E-state index contributed by atoms with van der Waals surface area (Å²) in [5.74, 6) is -1.24. The largest absolute Gasteiger partial charge is 0.354 e. The SMILES string of the molecule is O=C(CNC(=O)CNC(=O)c1ccc(Cl)cc1Cl)NCC1(c2ccccc2)CC1. The molecular formula is C21H21Cl2N3O3. The van der Waals surface area contributed by atoms with E-state index < -0.39 is 11.8 Å². The lowest BCUT2D eigenvalue weighted by Crippen LogP contribution is -2.43. The average Bonchev–Trinajstić information content (AvgIpc) is 3.51. The van der Waals surface area contributed by atoms with Crippen LogP contribution in [0.3, 0.4) is 0 Å². The van der Waals surface area contributed by atoms with Crippen molar-refractivity contribution < 1.29 is 14.4 Å². The Kier molecular flexibility index (Phi) is 6.77. The average molecular weight is 434 g/mol. The number of nitrogens with one attached hydrogen (secondary N) is 3. The molecule has 2 aromatic carbocycles. The van der Waals surface area contributed by atoms with Gasteiger partial charge in [0.15, 0.2) is 0 Å². The Morgan fingerprint density at radius 2 is 1.52 bits per heavy atom. The molecule has 152 valence electrons. The van der Waals surface area contributed by atoms with Crippen molar-refractivity contribution in [3.05, 3.63) is 69.7 Å². The number of halogens is 2. The first-order chi connectivity index (χ1) is 13.9. The number of rotatable bonds is 8. The van der Waals surface area contributed by atoms with Gasteiger partial charge in [-0.15, -0.1) is 0 Å². The summed E-state index contributed by atoms with van der Waals surface area (Å²) in [4.78, 5) is 36.0. The van der Waals surface area contributed by atoms with E-state index in [2.05, 4.69) is 28.1 Å². The summed E-state index contributed by atoms with van der Waals surface area (Å²) < 4.78 is 0. The van der Waals surface area contributed by atoms with Crippen LogP contribution in [0.4, 0.5) is 0 Å². The molecular weight excluding hydrogens is 413 g/mol. The minimum atomic E-state index is -0.496. The zero-order valence-electron chi connectivity index (χ0n) is 15.6. The number of hydrogen-bond donors (Lipinski definition) is 3. The lowest BCUT2D eigenvalue weighted by molar-refractivity contribution is -0.125. The van der Waals surface area contributed by atoms with E-state index in [-0.39, 0.29) is 35.0 Å². The summed E-state index contributed by atoms with van der Waals surface area (Å²) in [5, 5.41) is 8.43. The maximum atomic E-state index is 12.1. The molecule has 1 aliphatic carbocycles. The van der Waals surface area contributed by atoms with Crippen LogP contribution in [-0.2, 0) is 15.0 Å². The molecule has 1 saturated carbocycles. The molecule has 6 nitrogen and oxygen atoms in total. The standard InChI is InChI=1S/C21H21Cl2N3O3/c22-15-6-7-16(17(23)10-15)20(29)25-12-18(27)24-11-19(28)26-13-21(8-9-21)14-4-2-1-3-5-14/h1-7,10H,8-9,11-13H2,(H,24,27)(H,25,29)(H,26,28). The minimum absolute atomic E-state index is 0.00670. The molecule has 0 unspecified atom stereocenters. The Balaban J connectivity index is 1.38. The Hall–Kier alpha value is -2.57. The number of hydrogen-bond acceptors (Lipinski definition) is 3. The molecule has 0 saturated heterocycles. The Morgan fingerprint density at radius 1 is 0.862 bits per heavy atom. The summed E-state index contributed by atoms with van der Waals surface area (Å²) >= 11 is 11.8. The predicted molar refractivity (Wildman–Crippen MR) is 112 cm³/mol. The van der Waals surface area contributed by atoms with E-state index in [4.69, 9.17) is 23.2 Å². The van der Waals surface area contributed by atoms with Gasteiger partial charge in [-0.25, -0.2) is 0 Å². The predicted octanol–water partition coefficient (Wildman–Crippen LogP) is 2.69. The maximum Gasteiger partial charge on any atom is 0.253 e. The fourth-order valence-electron chi connectivity index (χ4n) is 3.01. The van der Waals surface area contributed by atoms with E-state index in [9.17, 15) is 14.4 Å². The van der Waals surface area contributed by atoms with Crippen LogP contribution in [0.15, 0.2) is 48.5 Å². The fourth-order valence-corrected chi connectivity index (χ4v) is 3.51. The highest BCUT2D eigenvalue weighted by atomic mass is 35.5. The summed E-state index contributed by atoms with van der Waals surface area (Å²) in [6.07, 6.45) is 2.06. The molecule has 0 aromatic heterocycles. The number of carbonyl (C=O) groups is 3. The number of amides is 3. The second-order valence-corrected chi connectivity index (χ2v) is 7.85. The Bertz CT molecular complexity index is 915. The highest BCUT2D eigenvalue weighted by Gasteiger charge is 2.44. The lowest BCUT2D eigenvalue weighted by Gasteiger charge is -2.16. The van der Waals surface area contributed by atoms with Gasteiger partial charge in [0.1, 0.15) is 0 Å². The molecule has 2 aromatic rings. The van der Waals surface area contributed by atoms with Crippen LogP contribution in [0.1, 0.15) is 28.8 Å². The third-order valence-electron chi connectivity index (χ3n) is 4.90. The third kappa shape index (κ3) is 5.71. The maximum absolute atomic E-state index is 12.1. The van der Waals surface area contributed by atoms with Crippen molar-refractivity contribution in [1.29, 1.82) is 0 Å². The second kappa shape index (κ2) is 9.29. The van der Waals surface area contributed by atoms with Crippen LogP contribution < -0.4 is 16.0 Å². The number of carbonyl (C=O) groups excluding carboxylic acids is 3. The van der Waals surface area contributed by atoms with Gasteiger partial charge in [0.05, 0.1) is 23.7 Å². The zero-order valence-corrected chi connectivity index (χ0v) is 17.1. The van der Waals surface area contributed by atoms with E-state index in [1.165, 1.54) is 23.8 Å². The molecule has 0 atom stereocenters. The van der Waals surface area contributed by atoms with E-state index in [1.807, 2.05) is 18.2 Å². The molecule has 1 aliphatic rings. The van der Waals surface area contributed by atoms with Crippen molar-refractivity contribution in [2.75, 3.05) is 19.6 Å². The topological polar surface area (TPSA) is 87.3 Å². The van der Waals surface area contributed by atoms with Crippen molar-refractivity contribution in [3.63, 3.8) is 0 Å². The van der Waals surface area contributed by atoms with E-state index >= 15 is 0 Å². The molecule has 29 heavy (non-hydrogen) atoms. The van der Waals surface area contributed by atoms with Gasteiger partial charge in [0, 0.05) is 17.0 Å². The molecule has 0 radical (unpaired) electrons. The summed E-state index contributed by atoms with van der Waals surface area (Å²) in [7, 11) is 0. The van der Waals surface area contributed by atoms with Gasteiger partial charge < -0.3 is 16.0 Å². The molecule has 8 heteroatoms. The second-order valence-electron chi connectivity index (χ2n) is 7.01. The van der Waals surface area contributed by atoms with Crippen LogP contribution in [0.5, 0.6) is 0 Å². The molecule has 1 fully saturated rings. The fraction of sp³-hybridized carbons (Fsp3) is 0.286. The third-order valence-corrected chi connectivity index (χ3v) is 5.44. The quantitative estimate of drug-likeness (QED) is 0.597. The van der Waals surface area contributed by atoms with Crippen LogP contribution >= 0.6 is 23.2 Å². The normalized spacial score (nSPS) is 14.0. The van der Waals surface area contributed by atoms with Crippen LogP contribution in [-0.4, -0.2) is 37.4 Å². The van der Waals surface area contributed by atoms with Gasteiger partial charge in [-0.2, -0.15) is 0 Å². The van der Waals surface area contributed by atoms with Gasteiger partial charge in [-0.05, 0) is 36.6 Å². The first kappa shape index (κ1) is 21.1. The lowest BCUT2D eigenvalue weighted by atomic mass is 9.96. The van der Waals surface area contributed by atoms with Crippen molar-refractivity contribution in [1.82, 2.24) is 16.0 Å². The molecule has 0 bridgehead atoms. The van der Waals surface area contributed by atoms with Gasteiger partial charge in [-0.1, -0.05) is 53.5 Å². The summed E-state index contributed by atoms with van der Waals surface area (Å²) in [6, 6.07) is 14.5. The smallest absolute Gasteiger partial charge is 0.253 e. The van der Waals surface area contributed by atoms with Gasteiger partial charge >= 0.3 is 0 Å². The van der Waals surface area contributed by atoms with E-state index in [1.54, 1.807) is 0 Å². The van der Waals surface area contributed by atoms with E-state index in [0.29, 0.717) is 11.6 Å².